The molecule has 0 saturated carbocycles. The van der Waals surface area contributed by atoms with Crippen LogP contribution in [0.5, 0.6) is 0 Å². The van der Waals surface area contributed by atoms with Gasteiger partial charge in [0.1, 0.15) is 0 Å². The largest absolute Gasteiger partial charge is 0.351 e. The number of urea groups is 1. The lowest BCUT2D eigenvalue weighted by Gasteiger charge is -2.27. The molecule has 1 fully saturated rings. The normalized spacial score (nSPS) is 14.5. The number of hydrogen-bond donors (Lipinski definition) is 4. The Kier molecular flexibility index (Phi) is 9.26. The van der Waals surface area contributed by atoms with Gasteiger partial charge in [0.15, 0.2) is 0 Å². The van der Waals surface area contributed by atoms with Crippen LogP contribution in [0.2, 0.25) is 0 Å². The number of benzene rings is 1. The molecule has 1 saturated heterocycles. The summed E-state index contributed by atoms with van der Waals surface area (Å²) in [5.41, 5.74) is 1.14. The van der Waals surface area contributed by atoms with Gasteiger partial charge in [-0.15, -0.1) is 12.4 Å². The molecule has 1 aromatic rings. The van der Waals surface area contributed by atoms with Crippen molar-refractivity contribution < 1.29 is 9.59 Å². The zero-order valence-electron chi connectivity index (χ0n) is 14.8. The smallest absolute Gasteiger partial charge is 0.319 e. The maximum Gasteiger partial charge on any atom is 0.319 e. The van der Waals surface area contributed by atoms with Gasteiger partial charge in [0.25, 0.3) is 5.91 Å². The number of hydrogen-bond acceptors (Lipinski definition) is 4. The minimum atomic E-state index is -0.277. The van der Waals surface area contributed by atoms with Gasteiger partial charge in [-0.1, -0.05) is 6.07 Å². The van der Waals surface area contributed by atoms with Gasteiger partial charge in [-0.05, 0) is 32.0 Å². The van der Waals surface area contributed by atoms with E-state index in [4.69, 9.17) is 0 Å². The van der Waals surface area contributed by atoms with E-state index in [2.05, 4.69) is 26.2 Å². The van der Waals surface area contributed by atoms with E-state index in [1.165, 1.54) is 0 Å². The quantitative estimate of drug-likeness (QED) is 0.608. The van der Waals surface area contributed by atoms with Crippen LogP contribution in [0.4, 0.5) is 10.5 Å². The van der Waals surface area contributed by atoms with Gasteiger partial charge in [-0.2, -0.15) is 0 Å². The van der Waals surface area contributed by atoms with E-state index in [9.17, 15) is 9.59 Å². The number of rotatable bonds is 6. The molecule has 0 bridgehead atoms. The van der Waals surface area contributed by atoms with Crippen LogP contribution in [0.1, 0.15) is 24.2 Å². The number of amides is 3. The van der Waals surface area contributed by atoms with Crippen molar-refractivity contribution in [3.05, 3.63) is 29.8 Å². The van der Waals surface area contributed by atoms with Crippen molar-refractivity contribution in [2.75, 3.05) is 44.6 Å². The zero-order chi connectivity index (χ0) is 17.4. The lowest BCUT2D eigenvalue weighted by Crippen LogP contribution is -2.46. The maximum atomic E-state index is 12.2. The molecule has 0 aliphatic carbocycles. The number of carbonyl (C=O) groups excluding carboxylic acids is 2. The number of halogens is 1. The molecule has 0 unspecified atom stereocenters. The predicted molar refractivity (Wildman–Crippen MR) is 103 cm³/mol. The van der Waals surface area contributed by atoms with Crippen LogP contribution in [0.25, 0.3) is 0 Å². The average molecular weight is 370 g/mol. The molecule has 140 valence electrons. The molecule has 4 N–H and O–H groups in total. The first-order valence-electron chi connectivity index (χ1n) is 8.43. The van der Waals surface area contributed by atoms with Crippen LogP contribution in [0.3, 0.4) is 0 Å². The number of carbonyl (C=O) groups is 2. The third-order valence-electron chi connectivity index (χ3n) is 3.73. The summed E-state index contributed by atoms with van der Waals surface area (Å²) in [7, 11) is 0. The molecule has 0 atom stereocenters. The zero-order valence-corrected chi connectivity index (χ0v) is 15.6. The Hall–Kier alpha value is -1.83. The first kappa shape index (κ1) is 21.2. The highest BCUT2D eigenvalue weighted by molar-refractivity contribution is 5.96. The van der Waals surface area contributed by atoms with Crippen LogP contribution < -0.4 is 21.3 Å². The monoisotopic (exact) mass is 369 g/mol. The summed E-state index contributed by atoms with van der Waals surface area (Å²) < 4.78 is 0. The Morgan fingerprint density at radius 3 is 2.64 bits per heavy atom. The summed E-state index contributed by atoms with van der Waals surface area (Å²) in [4.78, 5) is 26.3. The van der Waals surface area contributed by atoms with E-state index in [0.29, 0.717) is 17.8 Å². The Morgan fingerprint density at radius 1 is 1.24 bits per heavy atom. The van der Waals surface area contributed by atoms with Gasteiger partial charge < -0.3 is 21.3 Å². The van der Waals surface area contributed by atoms with Crippen molar-refractivity contribution in [2.45, 2.75) is 19.9 Å². The summed E-state index contributed by atoms with van der Waals surface area (Å²) in [6, 6.07) is 6.72. The summed E-state index contributed by atoms with van der Waals surface area (Å²) >= 11 is 0. The van der Waals surface area contributed by atoms with Crippen molar-refractivity contribution >= 4 is 30.0 Å². The molecule has 0 aromatic heterocycles. The van der Waals surface area contributed by atoms with Crippen molar-refractivity contribution in [3.63, 3.8) is 0 Å². The molecule has 2 rings (SSSR count). The molecule has 1 heterocycles. The van der Waals surface area contributed by atoms with Gasteiger partial charge in [0.2, 0.25) is 0 Å². The first-order chi connectivity index (χ1) is 11.5. The Labute approximate surface area is 155 Å². The Morgan fingerprint density at radius 2 is 1.96 bits per heavy atom. The number of piperazine rings is 1. The van der Waals surface area contributed by atoms with Crippen molar-refractivity contribution in [1.29, 1.82) is 0 Å². The van der Waals surface area contributed by atoms with Crippen LogP contribution in [-0.2, 0) is 0 Å². The molecule has 1 aliphatic heterocycles. The van der Waals surface area contributed by atoms with Crippen molar-refractivity contribution in [3.8, 4) is 0 Å². The lowest BCUT2D eigenvalue weighted by atomic mass is 10.2. The third kappa shape index (κ3) is 7.72. The fourth-order valence-corrected chi connectivity index (χ4v) is 2.53. The number of nitrogens with one attached hydrogen (secondary N) is 4. The van der Waals surface area contributed by atoms with Gasteiger partial charge >= 0.3 is 6.03 Å². The Balaban J connectivity index is 0.00000312. The summed E-state index contributed by atoms with van der Waals surface area (Å²) in [5, 5.41) is 11.7. The topological polar surface area (TPSA) is 85.5 Å². The molecule has 25 heavy (non-hydrogen) atoms. The molecule has 7 nitrogen and oxygen atoms in total. The minimum Gasteiger partial charge on any atom is -0.351 e. The van der Waals surface area contributed by atoms with Crippen LogP contribution in [0, 0.1) is 0 Å². The molecule has 0 spiro atoms. The van der Waals surface area contributed by atoms with Crippen molar-refractivity contribution in [1.82, 2.24) is 20.9 Å². The van der Waals surface area contributed by atoms with Gasteiger partial charge in [-0.3, -0.25) is 9.69 Å². The highest BCUT2D eigenvalue weighted by atomic mass is 35.5. The molecule has 1 aromatic carbocycles. The third-order valence-corrected chi connectivity index (χ3v) is 3.73. The van der Waals surface area contributed by atoms with E-state index in [1.807, 2.05) is 13.8 Å². The van der Waals surface area contributed by atoms with Crippen LogP contribution in [-0.4, -0.2) is 62.1 Å². The fourth-order valence-electron chi connectivity index (χ4n) is 2.53. The molecule has 0 radical (unpaired) electrons. The maximum absolute atomic E-state index is 12.2. The van der Waals surface area contributed by atoms with E-state index in [-0.39, 0.29) is 30.4 Å². The van der Waals surface area contributed by atoms with E-state index in [0.717, 1.165) is 32.7 Å². The summed E-state index contributed by atoms with van der Waals surface area (Å²) in [5.74, 6) is -0.127. The molecular formula is C17H28ClN5O2. The van der Waals surface area contributed by atoms with Crippen LogP contribution in [0.15, 0.2) is 24.3 Å². The average Bonchev–Trinajstić information content (AvgIpc) is 2.55. The van der Waals surface area contributed by atoms with Gasteiger partial charge in [-0.25, -0.2) is 4.79 Å². The van der Waals surface area contributed by atoms with E-state index >= 15 is 0 Å². The lowest BCUT2D eigenvalue weighted by molar-refractivity contribution is 0.0947. The van der Waals surface area contributed by atoms with Gasteiger partial charge in [0.05, 0.1) is 0 Å². The predicted octanol–water partition coefficient (Wildman–Crippen LogP) is 1.27. The second-order valence-corrected chi connectivity index (χ2v) is 6.18. The SMILES string of the molecule is CC(C)NC(=O)Nc1cccc(C(=O)NCCN2CCNCC2)c1.Cl. The summed E-state index contributed by atoms with van der Waals surface area (Å²) in [6.45, 7) is 9.27. The first-order valence-corrected chi connectivity index (χ1v) is 8.43. The second kappa shape index (κ2) is 10.9. The molecular weight excluding hydrogens is 342 g/mol. The van der Waals surface area contributed by atoms with E-state index in [1.54, 1.807) is 24.3 Å². The molecule has 1 aliphatic rings. The van der Waals surface area contributed by atoms with E-state index < -0.39 is 0 Å². The second-order valence-electron chi connectivity index (χ2n) is 6.18. The highest BCUT2D eigenvalue weighted by Gasteiger charge is 2.11. The minimum absolute atomic E-state index is 0. The number of nitrogens with zero attached hydrogens (tertiary/aromatic N) is 1. The highest BCUT2D eigenvalue weighted by Crippen LogP contribution is 2.10. The standard InChI is InChI=1S/C17H27N5O2.ClH/c1-13(2)20-17(24)21-15-5-3-4-14(12-15)16(23)19-8-11-22-9-6-18-7-10-22;/h3-5,12-13,18H,6-11H2,1-2H3,(H,19,23)(H2,20,21,24);1H. The Bertz CT molecular complexity index is 562. The van der Waals surface area contributed by atoms with Crippen molar-refractivity contribution in [2.24, 2.45) is 0 Å². The number of anilines is 1. The fraction of sp³-hybridized carbons (Fsp3) is 0.529. The van der Waals surface area contributed by atoms with Gasteiger partial charge in [0, 0.05) is 56.6 Å². The van der Waals surface area contributed by atoms with Crippen LogP contribution >= 0.6 is 12.4 Å². The molecule has 3 amide bonds. The summed E-state index contributed by atoms with van der Waals surface area (Å²) in [6.07, 6.45) is 0. The molecule has 8 heteroatoms.